The predicted octanol–water partition coefficient (Wildman–Crippen LogP) is 1.51. The molecule has 5 nitrogen and oxygen atoms in total. The Labute approximate surface area is 122 Å². The minimum Gasteiger partial charge on any atom is -0.309 e. The summed E-state index contributed by atoms with van der Waals surface area (Å²) >= 11 is 0. The summed E-state index contributed by atoms with van der Waals surface area (Å²) in [7, 11) is -3.12. The van der Waals surface area contributed by atoms with Gasteiger partial charge in [-0.3, -0.25) is 4.98 Å². The van der Waals surface area contributed by atoms with Crippen LogP contribution in [0.4, 0.5) is 0 Å². The third-order valence-corrected chi connectivity index (χ3v) is 4.69. The maximum absolute atomic E-state index is 11.5. The van der Waals surface area contributed by atoms with E-state index in [0.29, 0.717) is 19.5 Å². The Morgan fingerprint density at radius 2 is 2.05 bits per heavy atom. The Morgan fingerprint density at radius 3 is 2.65 bits per heavy atom. The van der Waals surface area contributed by atoms with Crippen LogP contribution in [0.25, 0.3) is 0 Å². The van der Waals surface area contributed by atoms with E-state index in [2.05, 4.69) is 21.1 Å². The molecule has 0 unspecified atom stereocenters. The molecule has 1 rings (SSSR count). The van der Waals surface area contributed by atoms with Crippen molar-refractivity contribution in [3.05, 3.63) is 29.1 Å². The summed E-state index contributed by atoms with van der Waals surface area (Å²) in [6.07, 6.45) is 2.48. The second kappa shape index (κ2) is 7.71. The Hall–Kier alpha value is -0.980. The van der Waals surface area contributed by atoms with Crippen molar-refractivity contribution >= 4 is 10.0 Å². The molecule has 0 aromatic carbocycles. The smallest absolute Gasteiger partial charge is 0.211 e. The van der Waals surface area contributed by atoms with Crippen molar-refractivity contribution in [2.75, 3.05) is 12.3 Å². The van der Waals surface area contributed by atoms with Crippen molar-refractivity contribution in [3.63, 3.8) is 0 Å². The zero-order chi connectivity index (χ0) is 15.2. The highest BCUT2D eigenvalue weighted by Gasteiger charge is 2.10. The van der Waals surface area contributed by atoms with Gasteiger partial charge in [0, 0.05) is 31.0 Å². The summed E-state index contributed by atoms with van der Waals surface area (Å²) in [6, 6.07) is 2.17. The van der Waals surface area contributed by atoms with Gasteiger partial charge in [0.05, 0.1) is 5.75 Å². The number of pyridine rings is 1. The Morgan fingerprint density at radius 1 is 1.35 bits per heavy atom. The van der Waals surface area contributed by atoms with Crippen LogP contribution in [0.1, 0.15) is 37.1 Å². The Kier molecular flexibility index (Phi) is 6.58. The summed E-state index contributed by atoms with van der Waals surface area (Å²) in [5, 5.41) is 3.29. The Bertz CT molecular complexity index is 529. The lowest BCUT2D eigenvalue weighted by molar-refractivity contribution is 0.523. The van der Waals surface area contributed by atoms with Gasteiger partial charge >= 0.3 is 0 Å². The lowest BCUT2D eigenvalue weighted by atomic mass is 10.1. The van der Waals surface area contributed by atoms with Gasteiger partial charge in [0.25, 0.3) is 0 Å². The van der Waals surface area contributed by atoms with Gasteiger partial charge in [-0.05, 0) is 38.3 Å². The van der Waals surface area contributed by atoms with E-state index in [-0.39, 0.29) is 11.8 Å². The lowest BCUT2D eigenvalue weighted by Gasteiger charge is -2.15. The van der Waals surface area contributed by atoms with Gasteiger partial charge in [0.2, 0.25) is 10.0 Å². The van der Waals surface area contributed by atoms with Crippen LogP contribution in [-0.4, -0.2) is 31.7 Å². The molecule has 0 fully saturated rings. The minimum absolute atomic E-state index is 0.0724. The molecule has 6 heteroatoms. The molecule has 0 aliphatic carbocycles. The highest BCUT2D eigenvalue weighted by Crippen LogP contribution is 2.06. The first kappa shape index (κ1) is 17.1. The van der Waals surface area contributed by atoms with Crippen molar-refractivity contribution in [2.45, 2.75) is 46.7 Å². The predicted molar refractivity (Wildman–Crippen MR) is 82.1 cm³/mol. The third-order valence-electron chi connectivity index (χ3n) is 3.13. The number of aryl methyl sites for hydroxylation is 2. The summed E-state index contributed by atoms with van der Waals surface area (Å²) in [5.74, 6) is 0.181. The fraction of sp³-hybridized carbons (Fsp3) is 0.643. The highest BCUT2D eigenvalue weighted by molar-refractivity contribution is 7.89. The number of hydrogen-bond acceptors (Lipinski definition) is 4. The van der Waals surface area contributed by atoms with Crippen LogP contribution in [0.3, 0.4) is 0 Å². The topological polar surface area (TPSA) is 71.1 Å². The van der Waals surface area contributed by atoms with E-state index >= 15 is 0 Å². The summed E-state index contributed by atoms with van der Waals surface area (Å²) in [4.78, 5) is 4.31. The van der Waals surface area contributed by atoms with Gasteiger partial charge in [0.15, 0.2) is 0 Å². The lowest BCUT2D eigenvalue weighted by Crippen LogP contribution is -2.39. The summed E-state index contributed by atoms with van der Waals surface area (Å²) < 4.78 is 25.7. The van der Waals surface area contributed by atoms with Crippen LogP contribution in [0.2, 0.25) is 0 Å². The van der Waals surface area contributed by atoms with Crippen molar-refractivity contribution in [1.29, 1.82) is 0 Å². The van der Waals surface area contributed by atoms with Crippen molar-refractivity contribution < 1.29 is 8.42 Å². The molecular formula is C14H25N3O2S. The van der Waals surface area contributed by atoms with Crippen molar-refractivity contribution in [1.82, 2.24) is 15.0 Å². The molecule has 1 aromatic heterocycles. The van der Waals surface area contributed by atoms with Crippen LogP contribution in [0, 0.1) is 13.8 Å². The number of rotatable bonds is 8. The van der Waals surface area contributed by atoms with Crippen LogP contribution >= 0.6 is 0 Å². The number of sulfonamides is 1. The molecule has 0 aliphatic rings. The minimum atomic E-state index is -3.12. The molecule has 0 aliphatic heterocycles. The molecular weight excluding hydrogens is 274 g/mol. The molecule has 0 bridgehead atoms. The van der Waals surface area contributed by atoms with E-state index in [0.717, 1.165) is 11.3 Å². The quantitative estimate of drug-likeness (QED) is 0.763. The fourth-order valence-electron chi connectivity index (χ4n) is 1.76. The molecule has 0 amide bonds. The van der Waals surface area contributed by atoms with Gasteiger partial charge in [-0.1, -0.05) is 13.0 Å². The fourth-order valence-corrected chi connectivity index (χ4v) is 2.94. The molecule has 0 radical (unpaired) electrons. The molecule has 2 N–H and O–H groups in total. The number of aromatic nitrogens is 1. The molecule has 1 heterocycles. The maximum atomic E-state index is 11.5. The van der Waals surface area contributed by atoms with Crippen LogP contribution in [0.15, 0.2) is 12.3 Å². The molecule has 0 saturated heterocycles. The highest BCUT2D eigenvalue weighted by atomic mass is 32.2. The van der Waals surface area contributed by atoms with E-state index in [1.165, 1.54) is 5.56 Å². The van der Waals surface area contributed by atoms with Gasteiger partial charge in [0.1, 0.15) is 0 Å². The SMILES string of the molecule is CCCS(=O)(=O)NC[C@H](C)NCc1cnc(C)c(C)c1. The zero-order valence-corrected chi connectivity index (χ0v) is 13.5. The second-order valence-corrected chi connectivity index (χ2v) is 7.12. The molecule has 0 saturated carbocycles. The Balaban J connectivity index is 2.39. The second-order valence-electron chi connectivity index (χ2n) is 5.20. The molecule has 1 aromatic rings. The van der Waals surface area contributed by atoms with Crippen LogP contribution < -0.4 is 10.0 Å². The monoisotopic (exact) mass is 299 g/mol. The number of hydrogen-bond donors (Lipinski definition) is 2. The average Bonchev–Trinajstić information content (AvgIpc) is 2.38. The van der Waals surface area contributed by atoms with E-state index in [1.807, 2.05) is 33.9 Å². The van der Waals surface area contributed by atoms with Crippen molar-refractivity contribution in [2.24, 2.45) is 0 Å². The number of nitrogens with one attached hydrogen (secondary N) is 2. The van der Waals surface area contributed by atoms with Crippen LogP contribution in [-0.2, 0) is 16.6 Å². The summed E-state index contributed by atoms with van der Waals surface area (Å²) in [6.45, 7) is 8.92. The first-order chi connectivity index (χ1) is 9.34. The maximum Gasteiger partial charge on any atom is 0.211 e. The van der Waals surface area contributed by atoms with Crippen molar-refractivity contribution in [3.8, 4) is 0 Å². The standard InChI is InChI=1S/C14H25N3O2S/c1-5-6-20(18,19)17-8-12(3)15-9-14-7-11(2)13(4)16-10-14/h7,10,12,15,17H,5-6,8-9H2,1-4H3/t12-/m0/s1. The van der Waals surface area contributed by atoms with Gasteiger partial charge in [-0.25, -0.2) is 13.1 Å². The zero-order valence-electron chi connectivity index (χ0n) is 12.7. The van der Waals surface area contributed by atoms with Gasteiger partial charge in [-0.15, -0.1) is 0 Å². The van der Waals surface area contributed by atoms with E-state index in [1.54, 1.807) is 0 Å². The third kappa shape index (κ3) is 5.98. The average molecular weight is 299 g/mol. The van der Waals surface area contributed by atoms with E-state index < -0.39 is 10.0 Å². The van der Waals surface area contributed by atoms with Gasteiger partial charge < -0.3 is 5.32 Å². The number of nitrogens with zero attached hydrogens (tertiary/aromatic N) is 1. The molecule has 1 atom stereocenters. The first-order valence-electron chi connectivity index (χ1n) is 6.97. The molecule has 0 spiro atoms. The van der Waals surface area contributed by atoms with E-state index in [9.17, 15) is 8.42 Å². The van der Waals surface area contributed by atoms with Gasteiger partial charge in [-0.2, -0.15) is 0 Å². The molecule has 20 heavy (non-hydrogen) atoms. The van der Waals surface area contributed by atoms with Crippen LogP contribution in [0.5, 0.6) is 0 Å². The first-order valence-corrected chi connectivity index (χ1v) is 8.62. The summed E-state index contributed by atoms with van der Waals surface area (Å²) in [5.41, 5.74) is 3.31. The molecule has 114 valence electrons. The largest absolute Gasteiger partial charge is 0.309 e. The normalized spacial score (nSPS) is 13.4. The van der Waals surface area contributed by atoms with E-state index in [4.69, 9.17) is 0 Å².